The van der Waals surface area contributed by atoms with Crippen molar-refractivity contribution >= 4 is 17.2 Å². The molecule has 0 N–H and O–H groups in total. The molecule has 1 amide bonds. The van der Waals surface area contributed by atoms with E-state index in [1.54, 1.807) is 30.4 Å². The first kappa shape index (κ1) is 16.8. The van der Waals surface area contributed by atoms with E-state index in [1.165, 1.54) is 11.3 Å². The Morgan fingerprint density at radius 1 is 1.27 bits per heavy atom. The molecule has 1 aliphatic heterocycles. The van der Waals surface area contributed by atoms with Gasteiger partial charge >= 0.3 is 0 Å². The number of hydrogen-bond donors (Lipinski definition) is 0. The molecule has 1 aliphatic rings. The van der Waals surface area contributed by atoms with Gasteiger partial charge in [0.1, 0.15) is 10.6 Å². The molecule has 8 heteroatoms. The van der Waals surface area contributed by atoms with E-state index in [9.17, 15) is 4.79 Å². The van der Waals surface area contributed by atoms with Crippen LogP contribution < -0.4 is 0 Å². The lowest BCUT2D eigenvalue weighted by Crippen LogP contribution is -2.39. The number of imidazole rings is 1. The van der Waals surface area contributed by atoms with Gasteiger partial charge in [0.25, 0.3) is 5.91 Å². The molecule has 0 aromatic carbocycles. The zero-order valence-corrected chi connectivity index (χ0v) is 15.6. The summed E-state index contributed by atoms with van der Waals surface area (Å²) in [7, 11) is 1.95. The summed E-state index contributed by atoms with van der Waals surface area (Å²) >= 11 is 1.41. The van der Waals surface area contributed by atoms with Gasteiger partial charge in [-0.05, 0) is 19.8 Å². The van der Waals surface area contributed by atoms with Crippen molar-refractivity contribution < 1.29 is 4.79 Å². The van der Waals surface area contributed by atoms with Gasteiger partial charge in [-0.15, -0.1) is 11.3 Å². The largest absolute Gasteiger partial charge is 0.337 e. The first-order chi connectivity index (χ1) is 12.6. The molecule has 0 radical (unpaired) electrons. The van der Waals surface area contributed by atoms with E-state index in [0.717, 1.165) is 47.0 Å². The van der Waals surface area contributed by atoms with Gasteiger partial charge in [-0.3, -0.25) is 14.8 Å². The number of amides is 1. The van der Waals surface area contributed by atoms with E-state index in [-0.39, 0.29) is 11.8 Å². The zero-order chi connectivity index (χ0) is 18.1. The Labute approximate surface area is 155 Å². The summed E-state index contributed by atoms with van der Waals surface area (Å²) < 4.78 is 1.94. The number of aromatic nitrogens is 5. The Morgan fingerprint density at radius 3 is 2.85 bits per heavy atom. The third-order valence-electron chi connectivity index (χ3n) is 4.82. The molecule has 26 heavy (non-hydrogen) atoms. The lowest BCUT2D eigenvalue weighted by atomic mass is 9.92. The summed E-state index contributed by atoms with van der Waals surface area (Å²) in [6.07, 6.45) is 8.95. The molecule has 0 aliphatic carbocycles. The molecule has 4 heterocycles. The second-order valence-corrected chi connectivity index (χ2v) is 7.39. The minimum absolute atomic E-state index is 0.0701. The van der Waals surface area contributed by atoms with Crippen molar-refractivity contribution in [3.05, 3.63) is 46.7 Å². The predicted molar refractivity (Wildman–Crippen MR) is 99.0 cm³/mol. The van der Waals surface area contributed by atoms with Crippen molar-refractivity contribution in [2.75, 3.05) is 13.1 Å². The number of thiazole rings is 1. The van der Waals surface area contributed by atoms with E-state index in [2.05, 4.69) is 19.9 Å². The lowest BCUT2D eigenvalue weighted by Gasteiger charge is -2.32. The van der Waals surface area contributed by atoms with Crippen molar-refractivity contribution in [3.63, 3.8) is 0 Å². The van der Waals surface area contributed by atoms with Crippen molar-refractivity contribution in [2.45, 2.75) is 25.7 Å². The van der Waals surface area contributed by atoms with Gasteiger partial charge in [0.2, 0.25) is 0 Å². The lowest BCUT2D eigenvalue weighted by molar-refractivity contribution is 0.0710. The molecule has 0 bridgehead atoms. The molecule has 7 nitrogen and oxygen atoms in total. The Balaban J connectivity index is 1.62. The predicted octanol–water partition coefficient (Wildman–Crippen LogP) is 2.66. The van der Waals surface area contributed by atoms with E-state index in [0.29, 0.717) is 6.54 Å². The molecule has 3 aromatic heterocycles. The Hall–Kier alpha value is -2.61. The Morgan fingerprint density at radius 2 is 2.12 bits per heavy atom. The molecule has 3 aromatic rings. The van der Waals surface area contributed by atoms with Crippen LogP contribution in [0, 0.1) is 6.92 Å². The Bertz CT molecular complexity index is 933. The summed E-state index contributed by atoms with van der Waals surface area (Å²) in [6.45, 7) is 3.31. The van der Waals surface area contributed by atoms with Gasteiger partial charge in [-0.25, -0.2) is 9.97 Å². The number of likely N-dealkylation sites (tertiary alicyclic amines) is 1. The molecule has 4 rings (SSSR count). The highest BCUT2D eigenvalue weighted by molar-refractivity contribution is 7.11. The normalized spacial score (nSPS) is 17.5. The van der Waals surface area contributed by atoms with Gasteiger partial charge in [-0.1, -0.05) is 0 Å². The summed E-state index contributed by atoms with van der Waals surface area (Å²) in [5.41, 5.74) is 5.26. The number of piperidine rings is 1. The standard InChI is InChI=1S/C18H20N6OS/c1-12-17(26-11-22-12)18(25)24-7-3-4-13(9-24)15-16(21-6-5-20-15)14-8-19-10-23(14)2/h5-6,8,10-11,13H,3-4,7,9H2,1-2H3. The first-order valence-corrected chi connectivity index (χ1v) is 9.50. The van der Waals surface area contributed by atoms with Crippen LogP contribution in [0.2, 0.25) is 0 Å². The summed E-state index contributed by atoms with van der Waals surface area (Å²) in [6, 6.07) is 0. The third-order valence-corrected chi connectivity index (χ3v) is 5.74. The van der Waals surface area contributed by atoms with Crippen LogP contribution in [0.15, 0.2) is 30.4 Å². The van der Waals surface area contributed by atoms with E-state index in [1.807, 2.05) is 23.4 Å². The SMILES string of the molecule is Cc1ncsc1C(=O)N1CCCC(c2nccnc2-c2cncn2C)C1. The molecule has 1 unspecified atom stereocenters. The second kappa shape index (κ2) is 6.95. The average Bonchev–Trinajstić information content (AvgIpc) is 3.29. The molecule has 1 fully saturated rings. The van der Waals surface area contributed by atoms with Crippen molar-refractivity contribution in [3.8, 4) is 11.4 Å². The highest BCUT2D eigenvalue weighted by Gasteiger charge is 2.30. The van der Waals surface area contributed by atoms with Crippen molar-refractivity contribution in [2.24, 2.45) is 7.05 Å². The molecule has 0 saturated carbocycles. The van der Waals surface area contributed by atoms with Crippen LogP contribution in [0.4, 0.5) is 0 Å². The fraction of sp³-hybridized carbons (Fsp3) is 0.389. The first-order valence-electron chi connectivity index (χ1n) is 8.62. The maximum absolute atomic E-state index is 12.9. The van der Waals surface area contributed by atoms with Gasteiger partial charge in [0.15, 0.2) is 0 Å². The summed E-state index contributed by atoms with van der Waals surface area (Å²) in [4.78, 5) is 33.1. The maximum Gasteiger partial charge on any atom is 0.265 e. The fourth-order valence-electron chi connectivity index (χ4n) is 3.47. The number of carbonyl (C=O) groups is 1. The minimum atomic E-state index is 0.0701. The van der Waals surface area contributed by atoms with E-state index in [4.69, 9.17) is 0 Å². The van der Waals surface area contributed by atoms with Gasteiger partial charge in [0, 0.05) is 38.4 Å². The fourth-order valence-corrected chi connectivity index (χ4v) is 4.24. The van der Waals surface area contributed by atoms with Crippen LogP contribution in [0.5, 0.6) is 0 Å². The van der Waals surface area contributed by atoms with E-state index < -0.39 is 0 Å². The molecule has 1 saturated heterocycles. The maximum atomic E-state index is 12.9. The minimum Gasteiger partial charge on any atom is -0.337 e. The molecule has 1 atom stereocenters. The van der Waals surface area contributed by atoms with Crippen LogP contribution in [0.3, 0.4) is 0 Å². The zero-order valence-electron chi connectivity index (χ0n) is 14.8. The molecular formula is C18H20N6OS. The van der Waals surface area contributed by atoms with Gasteiger partial charge in [0.05, 0.1) is 35.1 Å². The highest BCUT2D eigenvalue weighted by Crippen LogP contribution is 2.32. The third kappa shape index (κ3) is 3.01. The number of nitrogens with zero attached hydrogens (tertiary/aromatic N) is 6. The Kier molecular flexibility index (Phi) is 4.50. The smallest absolute Gasteiger partial charge is 0.265 e. The number of carbonyl (C=O) groups excluding carboxylic acids is 1. The van der Waals surface area contributed by atoms with Crippen molar-refractivity contribution in [1.82, 2.24) is 29.4 Å². The monoisotopic (exact) mass is 368 g/mol. The van der Waals surface area contributed by atoms with Crippen LogP contribution in [0.25, 0.3) is 11.4 Å². The number of hydrogen-bond acceptors (Lipinski definition) is 6. The number of aryl methyl sites for hydroxylation is 2. The summed E-state index contributed by atoms with van der Waals surface area (Å²) in [5, 5.41) is 0. The second-order valence-electron chi connectivity index (χ2n) is 6.54. The molecule has 134 valence electrons. The quantitative estimate of drug-likeness (QED) is 0.710. The van der Waals surface area contributed by atoms with Crippen molar-refractivity contribution in [1.29, 1.82) is 0 Å². The van der Waals surface area contributed by atoms with E-state index >= 15 is 0 Å². The topological polar surface area (TPSA) is 76.8 Å². The van der Waals surface area contributed by atoms with Crippen LogP contribution in [0.1, 0.15) is 39.8 Å². The molecular weight excluding hydrogens is 348 g/mol. The van der Waals surface area contributed by atoms with Crippen LogP contribution in [-0.4, -0.2) is 48.4 Å². The average molecular weight is 368 g/mol. The van der Waals surface area contributed by atoms with Gasteiger partial charge < -0.3 is 9.47 Å². The molecule has 0 spiro atoms. The van der Waals surface area contributed by atoms with Crippen LogP contribution >= 0.6 is 11.3 Å². The number of rotatable bonds is 3. The van der Waals surface area contributed by atoms with Gasteiger partial charge in [-0.2, -0.15) is 0 Å². The van der Waals surface area contributed by atoms with Crippen LogP contribution in [-0.2, 0) is 7.05 Å². The summed E-state index contributed by atoms with van der Waals surface area (Å²) in [5.74, 6) is 0.236. The highest BCUT2D eigenvalue weighted by atomic mass is 32.1.